The average molecular weight is 272 g/mol. The van der Waals surface area contributed by atoms with Crippen molar-refractivity contribution in [1.82, 2.24) is 0 Å². The number of benzene rings is 1. The first-order valence-corrected chi connectivity index (χ1v) is 5.49. The molecule has 0 spiro atoms. The summed E-state index contributed by atoms with van der Waals surface area (Å²) in [6.45, 7) is -0.356. The van der Waals surface area contributed by atoms with E-state index in [1.807, 2.05) is 0 Å². The van der Waals surface area contributed by atoms with Crippen LogP contribution in [0.1, 0.15) is 6.42 Å². The molecule has 0 saturated carbocycles. The molecule has 0 bridgehead atoms. The second-order valence-corrected chi connectivity index (χ2v) is 4.24. The van der Waals surface area contributed by atoms with Crippen LogP contribution in [0.4, 0.5) is 20.2 Å². The summed E-state index contributed by atoms with van der Waals surface area (Å²) in [5.74, 6) is -3.42. The Morgan fingerprint density at radius 1 is 1.47 bits per heavy atom. The molecule has 1 aromatic carbocycles. The van der Waals surface area contributed by atoms with E-state index in [1.165, 1.54) is 0 Å². The molecule has 1 fully saturated rings. The monoisotopic (exact) mass is 272 g/mol. The first-order valence-electron chi connectivity index (χ1n) is 5.49. The number of anilines is 1. The second-order valence-electron chi connectivity index (χ2n) is 4.24. The molecule has 2 rings (SSSR count). The van der Waals surface area contributed by atoms with Crippen LogP contribution in [0.5, 0.6) is 0 Å². The van der Waals surface area contributed by atoms with Crippen LogP contribution < -0.4 is 4.90 Å². The van der Waals surface area contributed by atoms with Gasteiger partial charge in [-0.15, -0.1) is 0 Å². The highest BCUT2D eigenvalue weighted by Crippen LogP contribution is 2.34. The number of hydrogen-bond acceptors (Lipinski definition) is 4. The Morgan fingerprint density at radius 2 is 2.16 bits per heavy atom. The smallest absolute Gasteiger partial charge is 0.307 e. The van der Waals surface area contributed by atoms with Crippen LogP contribution in [0.25, 0.3) is 0 Å². The number of nitrogens with zero attached hydrogens (tertiary/aromatic N) is 2. The molecule has 1 aliphatic heterocycles. The molecule has 102 valence electrons. The minimum Gasteiger partial charge on any atom is -0.396 e. The molecular weight excluding hydrogens is 262 g/mol. The zero-order valence-electron chi connectivity index (χ0n) is 9.68. The third-order valence-corrected chi connectivity index (χ3v) is 2.98. The van der Waals surface area contributed by atoms with Crippen LogP contribution in [0.3, 0.4) is 0 Å². The van der Waals surface area contributed by atoms with Gasteiger partial charge in [-0.3, -0.25) is 14.9 Å². The van der Waals surface area contributed by atoms with Crippen LogP contribution in [0, 0.1) is 27.7 Å². The Hall–Kier alpha value is -2.09. The second kappa shape index (κ2) is 4.88. The Morgan fingerprint density at radius 3 is 2.68 bits per heavy atom. The molecule has 6 nitrogen and oxygen atoms in total. The summed E-state index contributed by atoms with van der Waals surface area (Å²) in [7, 11) is 0. The third kappa shape index (κ3) is 2.26. The summed E-state index contributed by atoms with van der Waals surface area (Å²) in [4.78, 5) is 22.1. The molecule has 0 aromatic heterocycles. The highest BCUT2D eigenvalue weighted by atomic mass is 19.1. The van der Waals surface area contributed by atoms with Crippen molar-refractivity contribution in [2.24, 2.45) is 5.92 Å². The maximum Gasteiger partial charge on any atom is 0.307 e. The number of carbonyl (C=O) groups is 1. The largest absolute Gasteiger partial charge is 0.396 e. The highest BCUT2D eigenvalue weighted by Gasteiger charge is 2.35. The van der Waals surface area contributed by atoms with Crippen molar-refractivity contribution in [3.05, 3.63) is 33.9 Å². The third-order valence-electron chi connectivity index (χ3n) is 2.98. The fraction of sp³-hybridized carbons (Fsp3) is 0.364. The summed E-state index contributed by atoms with van der Waals surface area (Å²) in [5, 5.41) is 19.6. The summed E-state index contributed by atoms with van der Waals surface area (Å²) >= 11 is 0. The van der Waals surface area contributed by atoms with E-state index in [4.69, 9.17) is 5.11 Å². The number of carbonyl (C=O) groups excluding carboxylic acids is 1. The molecule has 1 unspecified atom stereocenters. The van der Waals surface area contributed by atoms with Gasteiger partial charge in [-0.1, -0.05) is 0 Å². The molecule has 1 amide bonds. The van der Waals surface area contributed by atoms with Crippen molar-refractivity contribution in [2.75, 3.05) is 18.1 Å². The Kier molecular flexibility index (Phi) is 3.43. The van der Waals surface area contributed by atoms with Crippen molar-refractivity contribution in [3.8, 4) is 0 Å². The van der Waals surface area contributed by atoms with Gasteiger partial charge < -0.3 is 10.0 Å². The van der Waals surface area contributed by atoms with Gasteiger partial charge in [0, 0.05) is 31.6 Å². The van der Waals surface area contributed by atoms with Crippen LogP contribution in [0.15, 0.2) is 12.1 Å². The van der Waals surface area contributed by atoms with Gasteiger partial charge in [-0.05, 0) is 6.07 Å². The Bertz CT molecular complexity index is 550. The number of nitro benzene ring substituents is 1. The molecule has 19 heavy (non-hydrogen) atoms. The molecule has 1 saturated heterocycles. The minimum absolute atomic E-state index is 0.0436. The van der Waals surface area contributed by atoms with Crippen LogP contribution >= 0.6 is 0 Å². The van der Waals surface area contributed by atoms with Gasteiger partial charge in [-0.2, -0.15) is 4.39 Å². The first kappa shape index (κ1) is 13.3. The highest BCUT2D eigenvalue weighted by molar-refractivity contribution is 5.96. The molecule has 1 aliphatic rings. The Labute approximate surface area is 106 Å². The lowest BCUT2D eigenvalue weighted by atomic mass is 10.1. The molecule has 1 heterocycles. The fourth-order valence-corrected chi connectivity index (χ4v) is 2.04. The molecule has 0 aliphatic carbocycles. The molecular formula is C11H10F2N2O4. The van der Waals surface area contributed by atoms with Crippen molar-refractivity contribution in [1.29, 1.82) is 0 Å². The normalized spacial score (nSPS) is 19.0. The maximum absolute atomic E-state index is 13.9. The van der Waals surface area contributed by atoms with Crippen LogP contribution in [-0.4, -0.2) is 29.1 Å². The predicted molar refractivity (Wildman–Crippen MR) is 60.6 cm³/mol. The lowest BCUT2D eigenvalue weighted by molar-refractivity contribution is -0.387. The van der Waals surface area contributed by atoms with Gasteiger partial charge in [0.15, 0.2) is 0 Å². The van der Waals surface area contributed by atoms with Gasteiger partial charge >= 0.3 is 5.69 Å². The minimum atomic E-state index is -1.38. The lowest BCUT2D eigenvalue weighted by Crippen LogP contribution is -2.27. The zero-order valence-corrected chi connectivity index (χ0v) is 9.68. The van der Waals surface area contributed by atoms with E-state index in [-0.39, 0.29) is 19.6 Å². The van der Waals surface area contributed by atoms with Crippen molar-refractivity contribution < 1.29 is 23.6 Å². The van der Waals surface area contributed by atoms with Crippen molar-refractivity contribution in [3.63, 3.8) is 0 Å². The number of nitro groups is 1. The topological polar surface area (TPSA) is 83.7 Å². The van der Waals surface area contributed by atoms with E-state index >= 15 is 0 Å². The number of halogens is 2. The van der Waals surface area contributed by atoms with Gasteiger partial charge in [0.05, 0.1) is 4.92 Å². The van der Waals surface area contributed by atoms with E-state index < -0.39 is 39.8 Å². The standard InChI is InChI=1S/C11H10F2N2O4/c12-7-1-2-8(15(18)19)10(13)11(7)14-4-6(5-16)3-9(14)17/h1-2,6,16H,3-5H2. The number of aliphatic hydroxyl groups is 1. The SMILES string of the molecule is O=C1CC(CO)CN1c1c(F)ccc([N+](=O)[O-])c1F. The average Bonchev–Trinajstić information content (AvgIpc) is 2.70. The number of amides is 1. The number of rotatable bonds is 3. The molecule has 1 N–H and O–H groups in total. The van der Waals surface area contributed by atoms with Gasteiger partial charge in [-0.25, -0.2) is 4.39 Å². The molecule has 1 atom stereocenters. The van der Waals surface area contributed by atoms with E-state index in [2.05, 4.69) is 0 Å². The van der Waals surface area contributed by atoms with Crippen LogP contribution in [-0.2, 0) is 4.79 Å². The quantitative estimate of drug-likeness (QED) is 0.662. The van der Waals surface area contributed by atoms with Gasteiger partial charge in [0.1, 0.15) is 11.5 Å². The fourth-order valence-electron chi connectivity index (χ4n) is 2.04. The predicted octanol–water partition coefficient (Wildman–Crippen LogP) is 1.22. The molecule has 8 heteroatoms. The lowest BCUT2D eigenvalue weighted by Gasteiger charge is -2.17. The summed E-state index contributed by atoms with van der Waals surface area (Å²) in [6.07, 6.45) is -0.0436. The first-order chi connectivity index (χ1) is 8.95. The van der Waals surface area contributed by atoms with E-state index in [9.17, 15) is 23.7 Å². The van der Waals surface area contributed by atoms with Crippen molar-refractivity contribution in [2.45, 2.75) is 6.42 Å². The summed E-state index contributed by atoms with van der Waals surface area (Å²) in [6, 6.07) is 1.45. The molecule has 0 radical (unpaired) electrons. The van der Waals surface area contributed by atoms with Gasteiger partial charge in [0.25, 0.3) is 0 Å². The van der Waals surface area contributed by atoms with E-state index in [1.54, 1.807) is 0 Å². The number of aliphatic hydroxyl groups excluding tert-OH is 1. The summed E-state index contributed by atoms with van der Waals surface area (Å²) < 4.78 is 27.5. The number of hydrogen-bond donors (Lipinski definition) is 1. The van der Waals surface area contributed by atoms with E-state index in [0.717, 1.165) is 11.0 Å². The zero-order chi connectivity index (χ0) is 14.2. The van der Waals surface area contributed by atoms with Crippen LogP contribution in [0.2, 0.25) is 0 Å². The Balaban J connectivity index is 2.48. The van der Waals surface area contributed by atoms with Gasteiger partial charge in [0.2, 0.25) is 11.7 Å². The van der Waals surface area contributed by atoms with E-state index in [0.29, 0.717) is 6.07 Å². The maximum atomic E-state index is 13.9. The summed E-state index contributed by atoms with van der Waals surface area (Å²) in [5.41, 5.74) is -1.62. The van der Waals surface area contributed by atoms with Crippen molar-refractivity contribution >= 4 is 17.3 Å². The molecule has 1 aromatic rings.